The molecule has 1 aromatic heterocycles. The van der Waals surface area contributed by atoms with Gasteiger partial charge in [-0.15, -0.1) is 0 Å². The lowest BCUT2D eigenvalue weighted by molar-refractivity contribution is 0.593. The van der Waals surface area contributed by atoms with Gasteiger partial charge in [0, 0.05) is 32.4 Å². The molecule has 2 heterocycles. The van der Waals surface area contributed by atoms with E-state index in [-0.39, 0.29) is 5.41 Å². The van der Waals surface area contributed by atoms with E-state index in [9.17, 15) is 0 Å². The fourth-order valence-electron chi connectivity index (χ4n) is 7.75. The van der Waals surface area contributed by atoms with E-state index in [2.05, 4.69) is 115 Å². The van der Waals surface area contributed by atoms with E-state index >= 15 is 4.57 Å². The molecule has 6 aromatic carbocycles. The Hall–Kier alpha value is -4.65. The molecule has 1 unspecified atom stereocenters. The molecule has 0 saturated carbocycles. The van der Waals surface area contributed by atoms with Crippen molar-refractivity contribution >= 4 is 44.9 Å². The van der Waals surface area contributed by atoms with Crippen molar-refractivity contribution in [2.75, 3.05) is 0 Å². The molecular formula is C39H28NOP. The zero-order chi connectivity index (χ0) is 28.2. The molecule has 2 aliphatic rings. The third kappa shape index (κ3) is 2.83. The van der Waals surface area contributed by atoms with Gasteiger partial charge < -0.3 is 9.13 Å². The fourth-order valence-corrected chi connectivity index (χ4v) is 11.0. The van der Waals surface area contributed by atoms with E-state index in [4.69, 9.17) is 0 Å². The highest BCUT2D eigenvalue weighted by Crippen LogP contribution is 2.56. The highest BCUT2D eigenvalue weighted by Gasteiger charge is 2.43. The molecule has 0 N–H and O–H groups in total. The van der Waals surface area contributed by atoms with Gasteiger partial charge in [0.05, 0.1) is 22.0 Å². The summed E-state index contributed by atoms with van der Waals surface area (Å²) in [5.41, 5.74) is 10.6. The van der Waals surface area contributed by atoms with Gasteiger partial charge >= 0.3 is 0 Å². The van der Waals surface area contributed by atoms with Gasteiger partial charge in [0.15, 0.2) is 7.14 Å². The first-order valence-corrected chi connectivity index (χ1v) is 16.3. The van der Waals surface area contributed by atoms with Gasteiger partial charge in [0.1, 0.15) is 0 Å². The van der Waals surface area contributed by atoms with Crippen LogP contribution in [-0.4, -0.2) is 4.57 Å². The molecule has 200 valence electrons. The van der Waals surface area contributed by atoms with Crippen LogP contribution in [0.25, 0.3) is 49.7 Å². The maximum Gasteiger partial charge on any atom is 0.174 e. The second-order valence-corrected chi connectivity index (χ2v) is 14.7. The number of nitrogens with zero attached hydrogens (tertiary/aromatic N) is 1. The maximum atomic E-state index is 15.9. The van der Waals surface area contributed by atoms with Crippen molar-refractivity contribution in [2.24, 2.45) is 0 Å². The molecule has 7 aromatic rings. The number of hydrogen-bond donors (Lipinski definition) is 0. The summed E-state index contributed by atoms with van der Waals surface area (Å²) < 4.78 is 18.3. The summed E-state index contributed by atoms with van der Waals surface area (Å²) in [6, 6.07) is 47.0. The Kier molecular flexibility index (Phi) is 4.69. The standard InChI is InChI=1S/C39H28NOP/c1-39(2)31-18-9-6-17-30(31)36-32(39)19-12-21-34(36)40-33-20-10-7-15-26(33)28-23-24-29-27-16-8-11-22-35(27)42(41,38(29)37(28)40)25-13-4-3-5-14-25/h3-24H,1-2H3. The molecule has 1 aliphatic carbocycles. The molecule has 2 nitrogen and oxygen atoms in total. The molecule has 0 bridgehead atoms. The lowest BCUT2D eigenvalue weighted by Crippen LogP contribution is -2.22. The van der Waals surface area contributed by atoms with Gasteiger partial charge in [-0.1, -0.05) is 135 Å². The summed E-state index contributed by atoms with van der Waals surface area (Å²) in [6.07, 6.45) is 0. The van der Waals surface area contributed by atoms with Crippen molar-refractivity contribution < 1.29 is 4.57 Å². The van der Waals surface area contributed by atoms with Crippen LogP contribution in [-0.2, 0) is 9.98 Å². The van der Waals surface area contributed by atoms with Crippen molar-refractivity contribution in [3.05, 3.63) is 145 Å². The number of aromatic nitrogens is 1. The largest absolute Gasteiger partial charge is 0.309 e. The van der Waals surface area contributed by atoms with Crippen LogP contribution < -0.4 is 15.9 Å². The molecule has 1 aliphatic heterocycles. The first-order chi connectivity index (χ1) is 20.5. The highest BCUT2D eigenvalue weighted by molar-refractivity contribution is 7.86. The van der Waals surface area contributed by atoms with Crippen LogP contribution in [0.15, 0.2) is 133 Å². The topological polar surface area (TPSA) is 22.0 Å². The molecule has 0 spiro atoms. The molecule has 0 saturated heterocycles. The molecular weight excluding hydrogens is 529 g/mol. The van der Waals surface area contributed by atoms with Gasteiger partial charge in [-0.2, -0.15) is 0 Å². The Balaban J connectivity index is 1.50. The second-order valence-electron chi connectivity index (χ2n) is 12.0. The Morgan fingerprint density at radius 1 is 0.571 bits per heavy atom. The SMILES string of the molecule is CC1(C)c2ccccc2-c2c(-n3c4ccccc4c4ccc5c(c43)P(=O)(c3ccccc3)c3ccccc3-5)cccc21. The van der Waals surface area contributed by atoms with Crippen LogP contribution in [0.3, 0.4) is 0 Å². The van der Waals surface area contributed by atoms with Crippen LogP contribution >= 0.6 is 7.14 Å². The lowest BCUT2D eigenvalue weighted by Gasteiger charge is -2.22. The number of fused-ring (bicyclic) bond motifs is 10. The van der Waals surface area contributed by atoms with Crippen LogP contribution in [0.4, 0.5) is 0 Å². The van der Waals surface area contributed by atoms with Gasteiger partial charge in [-0.05, 0) is 39.9 Å². The van der Waals surface area contributed by atoms with Crippen molar-refractivity contribution in [3.63, 3.8) is 0 Å². The fraction of sp³-hybridized carbons (Fsp3) is 0.0769. The van der Waals surface area contributed by atoms with Crippen molar-refractivity contribution in [2.45, 2.75) is 19.3 Å². The Labute approximate surface area is 245 Å². The number of hydrogen-bond acceptors (Lipinski definition) is 1. The average molecular weight is 558 g/mol. The van der Waals surface area contributed by atoms with E-state index in [0.29, 0.717) is 0 Å². The van der Waals surface area contributed by atoms with Gasteiger partial charge in [-0.25, -0.2) is 0 Å². The summed E-state index contributed by atoms with van der Waals surface area (Å²) in [5.74, 6) is 0. The van der Waals surface area contributed by atoms with Crippen LogP contribution in [0, 0.1) is 0 Å². The second kappa shape index (κ2) is 8.22. The summed E-state index contributed by atoms with van der Waals surface area (Å²) in [6.45, 7) is 4.65. The van der Waals surface area contributed by atoms with Crippen LogP contribution in [0.2, 0.25) is 0 Å². The normalized spacial score (nSPS) is 17.7. The van der Waals surface area contributed by atoms with E-state index in [0.717, 1.165) is 49.1 Å². The predicted octanol–water partition coefficient (Wildman–Crippen LogP) is 8.71. The van der Waals surface area contributed by atoms with Crippen molar-refractivity contribution in [3.8, 4) is 27.9 Å². The third-order valence-corrected chi connectivity index (χ3v) is 12.8. The molecule has 42 heavy (non-hydrogen) atoms. The maximum absolute atomic E-state index is 15.9. The zero-order valence-corrected chi connectivity index (χ0v) is 24.4. The van der Waals surface area contributed by atoms with Crippen LogP contribution in [0.5, 0.6) is 0 Å². The Morgan fingerprint density at radius 3 is 2.12 bits per heavy atom. The number of benzene rings is 6. The molecule has 0 fully saturated rings. The van der Waals surface area contributed by atoms with Gasteiger partial charge in [0.2, 0.25) is 0 Å². The van der Waals surface area contributed by atoms with E-state index in [1.54, 1.807) is 0 Å². The van der Waals surface area contributed by atoms with Gasteiger partial charge in [0.25, 0.3) is 0 Å². The predicted molar refractivity (Wildman–Crippen MR) is 177 cm³/mol. The van der Waals surface area contributed by atoms with Crippen LogP contribution in [0.1, 0.15) is 25.0 Å². The van der Waals surface area contributed by atoms with Crippen molar-refractivity contribution in [1.82, 2.24) is 4.57 Å². The first-order valence-electron chi connectivity index (χ1n) is 14.6. The minimum Gasteiger partial charge on any atom is -0.309 e. The first kappa shape index (κ1) is 24.0. The van der Waals surface area contributed by atoms with E-state index in [1.807, 2.05) is 36.4 Å². The summed E-state index contributed by atoms with van der Waals surface area (Å²) >= 11 is 0. The van der Waals surface area contributed by atoms with Crippen molar-refractivity contribution in [1.29, 1.82) is 0 Å². The summed E-state index contributed by atoms with van der Waals surface area (Å²) in [7, 11) is -3.18. The van der Waals surface area contributed by atoms with E-state index in [1.165, 1.54) is 27.6 Å². The zero-order valence-electron chi connectivity index (χ0n) is 23.5. The monoisotopic (exact) mass is 557 g/mol. The molecule has 9 rings (SSSR count). The summed E-state index contributed by atoms with van der Waals surface area (Å²) in [5, 5.41) is 5.07. The Bertz CT molecular complexity index is 2310. The average Bonchev–Trinajstić information content (AvgIpc) is 3.60. The smallest absolute Gasteiger partial charge is 0.174 e. The Morgan fingerprint density at radius 2 is 1.26 bits per heavy atom. The number of rotatable bonds is 2. The van der Waals surface area contributed by atoms with Gasteiger partial charge in [-0.3, -0.25) is 0 Å². The quantitative estimate of drug-likeness (QED) is 0.195. The minimum absolute atomic E-state index is 0.113. The molecule has 0 radical (unpaired) electrons. The summed E-state index contributed by atoms with van der Waals surface area (Å²) in [4.78, 5) is 0. The molecule has 3 heteroatoms. The third-order valence-electron chi connectivity index (χ3n) is 9.60. The lowest BCUT2D eigenvalue weighted by atomic mass is 9.82. The molecule has 0 amide bonds. The molecule has 1 atom stereocenters. The minimum atomic E-state index is -3.18. The number of para-hydroxylation sites is 1. The highest BCUT2D eigenvalue weighted by atomic mass is 31.2. The van der Waals surface area contributed by atoms with E-state index < -0.39 is 7.14 Å².